The van der Waals surface area contributed by atoms with E-state index in [1.807, 2.05) is 0 Å². The molecule has 1 aromatic heterocycles. The number of benzene rings is 2. The number of anilines is 1. The van der Waals surface area contributed by atoms with Crippen molar-refractivity contribution in [3.63, 3.8) is 0 Å². The van der Waals surface area contributed by atoms with Gasteiger partial charge in [-0.25, -0.2) is 4.39 Å². The summed E-state index contributed by atoms with van der Waals surface area (Å²) < 4.78 is 15.4. The highest BCUT2D eigenvalue weighted by molar-refractivity contribution is 9.10. The second kappa shape index (κ2) is 7.88. The van der Waals surface area contributed by atoms with Gasteiger partial charge in [-0.15, -0.1) is 10.2 Å². The number of amides is 1. The molecule has 0 saturated carbocycles. The van der Waals surface area contributed by atoms with Gasteiger partial charge in [-0.3, -0.25) is 4.79 Å². The van der Waals surface area contributed by atoms with Crippen LogP contribution in [0.5, 0.6) is 5.75 Å². The van der Waals surface area contributed by atoms with Crippen molar-refractivity contribution < 1.29 is 14.3 Å². The summed E-state index contributed by atoms with van der Waals surface area (Å²) in [5.74, 6) is 0.101. The maximum atomic E-state index is 12.9. The third kappa shape index (κ3) is 4.23. The molecule has 9 heteroatoms. The summed E-state index contributed by atoms with van der Waals surface area (Å²) in [6, 6.07) is 10.6. The topological polar surface area (TPSA) is 80.0 Å². The first-order valence-corrected chi connectivity index (χ1v) is 9.28. The summed E-state index contributed by atoms with van der Waals surface area (Å²) in [7, 11) is 1.76. The number of carbonyl (C=O) groups is 1. The van der Waals surface area contributed by atoms with E-state index in [9.17, 15) is 14.3 Å². The van der Waals surface area contributed by atoms with Crippen LogP contribution in [0.15, 0.2) is 52.1 Å². The van der Waals surface area contributed by atoms with Gasteiger partial charge in [0.15, 0.2) is 11.0 Å². The highest BCUT2D eigenvalue weighted by atomic mass is 79.9. The van der Waals surface area contributed by atoms with Crippen molar-refractivity contribution in [2.45, 2.75) is 5.16 Å². The van der Waals surface area contributed by atoms with E-state index in [0.717, 1.165) is 4.47 Å². The van der Waals surface area contributed by atoms with E-state index >= 15 is 0 Å². The van der Waals surface area contributed by atoms with Gasteiger partial charge in [0.1, 0.15) is 11.6 Å². The van der Waals surface area contributed by atoms with Crippen molar-refractivity contribution in [2.75, 3.05) is 11.1 Å². The quantitative estimate of drug-likeness (QED) is 0.594. The first-order chi connectivity index (χ1) is 12.4. The van der Waals surface area contributed by atoms with E-state index in [4.69, 9.17) is 0 Å². The number of carbonyl (C=O) groups excluding carboxylic acids is 1. The normalized spacial score (nSPS) is 10.7. The van der Waals surface area contributed by atoms with Crippen molar-refractivity contribution in [3.8, 4) is 17.1 Å². The second-order valence-electron chi connectivity index (χ2n) is 5.37. The molecule has 2 aromatic carbocycles. The lowest BCUT2D eigenvalue weighted by Crippen LogP contribution is -2.14. The number of hydrogen-bond acceptors (Lipinski definition) is 5. The van der Waals surface area contributed by atoms with Gasteiger partial charge in [-0.05, 0) is 42.5 Å². The van der Waals surface area contributed by atoms with E-state index in [-0.39, 0.29) is 23.2 Å². The molecule has 0 saturated heterocycles. The zero-order valence-electron chi connectivity index (χ0n) is 13.6. The van der Waals surface area contributed by atoms with Crippen molar-refractivity contribution in [3.05, 3.63) is 52.8 Å². The second-order valence-corrected chi connectivity index (χ2v) is 7.23. The summed E-state index contributed by atoms with van der Waals surface area (Å²) >= 11 is 4.57. The summed E-state index contributed by atoms with van der Waals surface area (Å²) in [4.78, 5) is 12.0. The van der Waals surface area contributed by atoms with Crippen LogP contribution < -0.4 is 5.32 Å². The number of nitrogens with zero attached hydrogens (tertiary/aromatic N) is 3. The lowest BCUT2D eigenvalue weighted by atomic mass is 10.2. The fraction of sp³-hybridized carbons (Fsp3) is 0.118. The van der Waals surface area contributed by atoms with Gasteiger partial charge < -0.3 is 15.0 Å². The molecule has 6 nitrogen and oxygen atoms in total. The molecule has 2 N–H and O–H groups in total. The minimum Gasteiger partial charge on any atom is -0.507 e. The van der Waals surface area contributed by atoms with Gasteiger partial charge in [0, 0.05) is 17.2 Å². The Morgan fingerprint density at radius 3 is 2.73 bits per heavy atom. The number of halogens is 2. The van der Waals surface area contributed by atoms with Gasteiger partial charge in [0.25, 0.3) is 0 Å². The van der Waals surface area contributed by atoms with E-state index in [1.165, 1.54) is 36.0 Å². The molecular formula is C17H14BrFN4O2S. The maximum absolute atomic E-state index is 12.9. The molecule has 1 heterocycles. The zero-order valence-corrected chi connectivity index (χ0v) is 16.0. The van der Waals surface area contributed by atoms with Gasteiger partial charge in [0.2, 0.25) is 5.91 Å². The molecule has 0 bridgehead atoms. The smallest absolute Gasteiger partial charge is 0.234 e. The zero-order chi connectivity index (χ0) is 18.7. The highest BCUT2D eigenvalue weighted by Crippen LogP contribution is 2.32. The molecule has 26 heavy (non-hydrogen) atoms. The molecule has 0 spiro atoms. The molecule has 1 amide bonds. The van der Waals surface area contributed by atoms with Crippen LogP contribution in [0.1, 0.15) is 0 Å². The Kier molecular flexibility index (Phi) is 5.58. The monoisotopic (exact) mass is 436 g/mol. The minimum absolute atomic E-state index is 0.0919. The number of phenols is 1. The predicted octanol–water partition coefficient (Wildman–Crippen LogP) is 3.82. The first kappa shape index (κ1) is 18.4. The molecule has 0 aliphatic heterocycles. The third-order valence-electron chi connectivity index (χ3n) is 3.49. The van der Waals surface area contributed by atoms with Crippen LogP contribution in [-0.2, 0) is 11.8 Å². The molecule has 0 radical (unpaired) electrons. The molecular weight excluding hydrogens is 423 g/mol. The van der Waals surface area contributed by atoms with E-state index < -0.39 is 0 Å². The molecule has 0 aliphatic carbocycles. The fourth-order valence-electron chi connectivity index (χ4n) is 2.22. The van der Waals surface area contributed by atoms with Crippen LogP contribution >= 0.6 is 27.7 Å². The predicted molar refractivity (Wildman–Crippen MR) is 102 cm³/mol. The first-order valence-electron chi connectivity index (χ1n) is 7.50. The molecule has 0 unspecified atom stereocenters. The number of nitrogens with one attached hydrogen (secondary N) is 1. The molecule has 3 rings (SSSR count). The lowest BCUT2D eigenvalue weighted by Gasteiger charge is -2.07. The minimum atomic E-state index is -0.361. The maximum Gasteiger partial charge on any atom is 0.234 e. The SMILES string of the molecule is Cn1c(SCC(=O)Nc2ccc(F)cc2)nnc1-c1cc(Br)ccc1O. The number of rotatable bonds is 5. The average Bonchev–Trinajstić information content (AvgIpc) is 2.98. The van der Waals surface area contributed by atoms with Crippen molar-refractivity contribution in [1.82, 2.24) is 14.8 Å². The van der Waals surface area contributed by atoms with Crippen LogP contribution in [0.2, 0.25) is 0 Å². The molecule has 0 fully saturated rings. The summed E-state index contributed by atoms with van der Waals surface area (Å²) in [6.07, 6.45) is 0. The number of thioether (sulfide) groups is 1. The van der Waals surface area contributed by atoms with Gasteiger partial charge in [0.05, 0.1) is 11.3 Å². The van der Waals surface area contributed by atoms with Crippen LogP contribution in [0.25, 0.3) is 11.4 Å². The lowest BCUT2D eigenvalue weighted by molar-refractivity contribution is -0.113. The highest BCUT2D eigenvalue weighted by Gasteiger charge is 2.16. The third-order valence-corrected chi connectivity index (χ3v) is 5.01. The Morgan fingerprint density at radius 1 is 1.27 bits per heavy atom. The van der Waals surface area contributed by atoms with E-state index in [0.29, 0.717) is 22.2 Å². The average molecular weight is 437 g/mol. The van der Waals surface area contributed by atoms with Crippen LogP contribution in [0.3, 0.4) is 0 Å². The number of phenolic OH excluding ortho intramolecular Hbond substituents is 1. The fourth-order valence-corrected chi connectivity index (χ4v) is 3.30. The van der Waals surface area contributed by atoms with Crippen LogP contribution in [0.4, 0.5) is 10.1 Å². The summed E-state index contributed by atoms with van der Waals surface area (Å²) in [6.45, 7) is 0. The van der Waals surface area contributed by atoms with Crippen LogP contribution in [-0.4, -0.2) is 31.5 Å². The van der Waals surface area contributed by atoms with E-state index in [2.05, 4.69) is 31.4 Å². The molecule has 3 aromatic rings. The standard InChI is InChI=1S/C17H14BrFN4O2S/c1-23-16(13-8-10(18)2-7-14(13)24)21-22-17(23)26-9-15(25)20-12-5-3-11(19)4-6-12/h2-8,24H,9H2,1H3,(H,20,25). The molecule has 134 valence electrons. The summed E-state index contributed by atoms with van der Waals surface area (Å²) in [5.41, 5.74) is 1.06. The Morgan fingerprint density at radius 2 is 2.00 bits per heavy atom. The van der Waals surface area contributed by atoms with Crippen molar-refractivity contribution in [1.29, 1.82) is 0 Å². The Bertz CT molecular complexity index is 946. The number of aromatic hydroxyl groups is 1. The van der Waals surface area contributed by atoms with Crippen LogP contribution in [0, 0.1) is 5.82 Å². The largest absolute Gasteiger partial charge is 0.507 e. The Labute approximate surface area is 161 Å². The number of aromatic nitrogens is 3. The Balaban J connectivity index is 1.67. The molecule has 0 atom stereocenters. The summed E-state index contributed by atoms with van der Waals surface area (Å²) in [5, 5.41) is 21.4. The van der Waals surface area contributed by atoms with Gasteiger partial charge in [-0.2, -0.15) is 0 Å². The van der Waals surface area contributed by atoms with Crippen molar-refractivity contribution in [2.24, 2.45) is 7.05 Å². The number of hydrogen-bond donors (Lipinski definition) is 2. The van der Waals surface area contributed by atoms with Gasteiger partial charge >= 0.3 is 0 Å². The van der Waals surface area contributed by atoms with E-state index in [1.54, 1.807) is 29.8 Å². The Hall–Kier alpha value is -2.39. The van der Waals surface area contributed by atoms with Crippen molar-refractivity contribution >= 4 is 39.3 Å². The molecule has 0 aliphatic rings. The van der Waals surface area contributed by atoms with Gasteiger partial charge in [-0.1, -0.05) is 27.7 Å².